The van der Waals surface area contributed by atoms with Gasteiger partial charge in [-0.05, 0) is 44.8 Å². The zero-order valence-corrected chi connectivity index (χ0v) is 11.1. The lowest BCUT2D eigenvalue weighted by Gasteiger charge is -2.36. The van der Waals surface area contributed by atoms with Gasteiger partial charge in [0.05, 0.1) is 0 Å². The summed E-state index contributed by atoms with van der Waals surface area (Å²) < 4.78 is 6.23. The van der Waals surface area contributed by atoms with Crippen LogP contribution >= 0.6 is 0 Å². The maximum Gasteiger partial charge on any atom is 0.184 e. The SMILES string of the molecule is C[Si](C)(C)OC1CCCC2C(=O)CCC12. The predicted octanol–water partition coefficient (Wildman–Crippen LogP) is 2.99. The highest BCUT2D eigenvalue weighted by Crippen LogP contribution is 2.42. The van der Waals surface area contributed by atoms with Gasteiger partial charge in [0.2, 0.25) is 0 Å². The van der Waals surface area contributed by atoms with Crippen LogP contribution in [0.1, 0.15) is 32.1 Å². The Hall–Kier alpha value is -0.153. The van der Waals surface area contributed by atoms with E-state index in [0.717, 1.165) is 19.3 Å². The molecule has 2 nitrogen and oxygen atoms in total. The fraction of sp³-hybridized carbons (Fsp3) is 0.917. The van der Waals surface area contributed by atoms with Gasteiger partial charge in [0.15, 0.2) is 8.32 Å². The van der Waals surface area contributed by atoms with Crippen LogP contribution in [0.15, 0.2) is 0 Å². The fourth-order valence-corrected chi connectivity index (χ4v) is 4.31. The topological polar surface area (TPSA) is 26.3 Å². The van der Waals surface area contributed by atoms with E-state index in [2.05, 4.69) is 19.6 Å². The van der Waals surface area contributed by atoms with Crippen LogP contribution in [0.3, 0.4) is 0 Å². The summed E-state index contributed by atoms with van der Waals surface area (Å²) in [6, 6.07) is 0. The van der Waals surface area contributed by atoms with E-state index in [1.165, 1.54) is 12.8 Å². The molecule has 0 aromatic heterocycles. The Bertz CT molecular complexity index is 257. The zero-order valence-electron chi connectivity index (χ0n) is 10.1. The van der Waals surface area contributed by atoms with Crippen LogP contribution in [0, 0.1) is 11.8 Å². The molecule has 3 heteroatoms. The number of ketones is 1. The summed E-state index contributed by atoms with van der Waals surface area (Å²) in [5.74, 6) is 1.40. The van der Waals surface area contributed by atoms with Crippen LogP contribution < -0.4 is 0 Å². The van der Waals surface area contributed by atoms with Crippen molar-refractivity contribution in [2.24, 2.45) is 11.8 Å². The van der Waals surface area contributed by atoms with Gasteiger partial charge in [-0.25, -0.2) is 0 Å². The van der Waals surface area contributed by atoms with Gasteiger partial charge < -0.3 is 4.43 Å². The van der Waals surface area contributed by atoms with Gasteiger partial charge in [0.1, 0.15) is 5.78 Å². The number of Topliss-reactive ketones (excluding diaryl/α,β-unsaturated/α-hetero) is 1. The highest BCUT2D eigenvalue weighted by molar-refractivity contribution is 6.69. The summed E-state index contributed by atoms with van der Waals surface area (Å²) in [6.07, 6.45) is 5.76. The normalized spacial score (nSPS) is 36.7. The molecule has 0 bridgehead atoms. The molecule has 0 heterocycles. The van der Waals surface area contributed by atoms with E-state index in [1.807, 2.05) is 0 Å². The zero-order chi connectivity index (χ0) is 11.1. The van der Waals surface area contributed by atoms with Crippen LogP contribution in [0.2, 0.25) is 19.6 Å². The number of hydrogen-bond acceptors (Lipinski definition) is 2. The molecule has 0 spiro atoms. The number of fused-ring (bicyclic) bond motifs is 1. The van der Waals surface area contributed by atoms with E-state index in [-0.39, 0.29) is 0 Å². The Morgan fingerprint density at radius 2 is 1.93 bits per heavy atom. The van der Waals surface area contributed by atoms with Crippen LogP contribution in [0.5, 0.6) is 0 Å². The third kappa shape index (κ3) is 2.51. The minimum Gasteiger partial charge on any atom is -0.414 e. The monoisotopic (exact) mass is 226 g/mol. The van der Waals surface area contributed by atoms with E-state index in [0.29, 0.717) is 23.7 Å². The molecule has 0 aromatic rings. The Kier molecular flexibility index (Phi) is 3.04. The molecule has 3 atom stereocenters. The second kappa shape index (κ2) is 4.02. The second-order valence-electron chi connectivity index (χ2n) is 5.97. The largest absolute Gasteiger partial charge is 0.414 e. The van der Waals surface area contributed by atoms with Crippen molar-refractivity contribution in [3.8, 4) is 0 Å². The van der Waals surface area contributed by atoms with Gasteiger partial charge >= 0.3 is 0 Å². The molecular formula is C12H22O2Si. The molecule has 0 radical (unpaired) electrons. The van der Waals surface area contributed by atoms with E-state index < -0.39 is 8.32 Å². The van der Waals surface area contributed by atoms with Crippen molar-refractivity contribution in [2.75, 3.05) is 0 Å². The van der Waals surface area contributed by atoms with Gasteiger partial charge in [-0.15, -0.1) is 0 Å². The molecule has 0 aromatic carbocycles. The lowest BCUT2D eigenvalue weighted by Crippen LogP contribution is -2.40. The maximum absolute atomic E-state index is 11.7. The first-order valence-electron chi connectivity index (χ1n) is 6.18. The first-order valence-corrected chi connectivity index (χ1v) is 9.59. The molecule has 86 valence electrons. The first kappa shape index (κ1) is 11.3. The summed E-state index contributed by atoms with van der Waals surface area (Å²) in [6.45, 7) is 6.73. The van der Waals surface area contributed by atoms with Crippen molar-refractivity contribution in [1.82, 2.24) is 0 Å². The van der Waals surface area contributed by atoms with E-state index in [4.69, 9.17) is 4.43 Å². The first-order chi connectivity index (χ1) is 6.97. The van der Waals surface area contributed by atoms with Crippen molar-refractivity contribution in [3.63, 3.8) is 0 Å². The minimum absolute atomic E-state index is 0.347. The summed E-state index contributed by atoms with van der Waals surface area (Å²) in [5.41, 5.74) is 0. The molecule has 15 heavy (non-hydrogen) atoms. The summed E-state index contributed by atoms with van der Waals surface area (Å²) in [7, 11) is -1.44. The Balaban J connectivity index is 2.03. The van der Waals surface area contributed by atoms with E-state index in [9.17, 15) is 4.79 Å². The molecular weight excluding hydrogens is 204 g/mol. The number of carbonyl (C=O) groups excluding carboxylic acids is 1. The molecule has 3 unspecified atom stereocenters. The van der Waals surface area contributed by atoms with Crippen molar-refractivity contribution in [3.05, 3.63) is 0 Å². The van der Waals surface area contributed by atoms with Gasteiger partial charge in [-0.3, -0.25) is 4.79 Å². The van der Waals surface area contributed by atoms with E-state index >= 15 is 0 Å². The highest BCUT2D eigenvalue weighted by atomic mass is 28.4. The number of hydrogen-bond donors (Lipinski definition) is 0. The number of rotatable bonds is 2. The molecule has 0 N–H and O–H groups in total. The Labute approximate surface area is 93.5 Å². The molecule has 2 aliphatic rings. The Morgan fingerprint density at radius 3 is 2.60 bits per heavy atom. The molecule has 2 rings (SSSR count). The van der Waals surface area contributed by atoms with E-state index in [1.54, 1.807) is 0 Å². The third-order valence-electron chi connectivity index (χ3n) is 3.64. The molecule has 0 aliphatic heterocycles. The van der Waals surface area contributed by atoms with Crippen LogP contribution in [0.25, 0.3) is 0 Å². The van der Waals surface area contributed by atoms with Crippen molar-refractivity contribution >= 4 is 14.1 Å². The van der Waals surface area contributed by atoms with Crippen molar-refractivity contribution in [2.45, 2.75) is 57.8 Å². The van der Waals surface area contributed by atoms with Crippen molar-refractivity contribution in [1.29, 1.82) is 0 Å². The van der Waals surface area contributed by atoms with Crippen LogP contribution in [-0.4, -0.2) is 20.2 Å². The maximum atomic E-state index is 11.7. The fourth-order valence-electron chi connectivity index (χ4n) is 3.11. The predicted molar refractivity (Wildman–Crippen MR) is 63.3 cm³/mol. The van der Waals surface area contributed by atoms with Crippen LogP contribution in [-0.2, 0) is 9.22 Å². The van der Waals surface area contributed by atoms with Gasteiger partial charge in [0, 0.05) is 18.4 Å². The quantitative estimate of drug-likeness (QED) is 0.677. The standard InChI is InChI=1S/C12H22O2Si/c1-15(2,3)14-12-6-4-5-9-10(12)7-8-11(9)13/h9-10,12H,4-8H2,1-3H3. The van der Waals surface area contributed by atoms with Crippen molar-refractivity contribution < 1.29 is 9.22 Å². The molecule has 2 aliphatic carbocycles. The van der Waals surface area contributed by atoms with Gasteiger partial charge in [-0.2, -0.15) is 0 Å². The molecule has 2 fully saturated rings. The molecule has 0 amide bonds. The lowest BCUT2D eigenvalue weighted by molar-refractivity contribution is -0.122. The smallest absolute Gasteiger partial charge is 0.184 e. The third-order valence-corrected chi connectivity index (χ3v) is 4.65. The second-order valence-corrected chi connectivity index (χ2v) is 10.4. The van der Waals surface area contributed by atoms with Crippen LogP contribution in [0.4, 0.5) is 0 Å². The number of carbonyl (C=O) groups is 1. The van der Waals surface area contributed by atoms with Gasteiger partial charge in [-0.1, -0.05) is 6.42 Å². The molecule has 0 saturated heterocycles. The summed E-state index contributed by atoms with van der Waals surface area (Å²) in [5, 5.41) is 0. The van der Waals surface area contributed by atoms with Gasteiger partial charge in [0.25, 0.3) is 0 Å². The molecule has 2 saturated carbocycles. The Morgan fingerprint density at radius 1 is 1.20 bits per heavy atom. The lowest BCUT2D eigenvalue weighted by atomic mass is 9.79. The summed E-state index contributed by atoms with van der Waals surface area (Å²) in [4.78, 5) is 11.7. The average Bonchev–Trinajstić information content (AvgIpc) is 2.47. The average molecular weight is 226 g/mol. The summed E-state index contributed by atoms with van der Waals surface area (Å²) >= 11 is 0. The highest BCUT2D eigenvalue weighted by Gasteiger charge is 2.43. The minimum atomic E-state index is -1.44.